The minimum absolute atomic E-state index is 0.740. The van der Waals surface area contributed by atoms with Gasteiger partial charge in [-0.15, -0.1) is 0 Å². The average molecular weight is 210 g/mol. The van der Waals surface area contributed by atoms with Gasteiger partial charge in [-0.2, -0.15) is 0 Å². The first-order valence-electron chi connectivity index (χ1n) is 6.66. The van der Waals surface area contributed by atoms with E-state index in [0.717, 1.165) is 17.9 Å². The molecule has 1 saturated heterocycles. The predicted octanol–water partition coefficient (Wildman–Crippen LogP) is 2.11. The zero-order chi connectivity index (χ0) is 10.7. The van der Waals surface area contributed by atoms with E-state index in [1.54, 1.807) is 0 Å². The van der Waals surface area contributed by atoms with Gasteiger partial charge in [0.2, 0.25) is 0 Å². The Morgan fingerprint density at radius 2 is 2.07 bits per heavy atom. The lowest BCUT2D eigenvalue weighted by atomic mass is 9.98. The van der Waals surface area contributed by atoms with E-state index < -0.39 is 0 Å². The third-order valence-corrected chi connectivity index (χ3v) is 3.86. The second-order valence-corrected chi connectivity index (χ2v) is 5.76. The molecule has 0 aromatic heterocycles. The van der Waals surface area contributed by atoms with E-state index in [2.05, 4.69) is 24.2 Å². The molecule has 0 spiro atoms. The van der Waals surface area contributed by atoms with Gasteiger partial charge < -0.3 is 10.2 Å². The van der Waals surface area contributed by atoms with Crippen LogP contribution in [0.5, 0.6) is 0 Å². The summed E-state index contributed by atoms with van der Waals surface area (Å²) >= 11 is 0. The minimum atomic E-state index is 0.740. The van der Waals surface area contributed by atoms with Crippen LogP contribution in [-0.2, 0) is 0 Å². The predicted molar refractivity (Wildman–Crippen MR) is 65.0 cm³/mol. The molecule has 1 N–H and O–H groups in total. The summed E-state index contributed by atoms with van der Waals surface area (Å²) in [6, 6.07) is 0.740. The number of hydrogen-bond donors (Lipinski definition) is 1. The number of rotatable bonds is 5. The van der Waals surface area contributed by atoms with Crippen molar-refractivity contribution >= 4 is 0 Å². The van der Waals surface area contributed by atoms with Crippen LogP contribution in [0.25, 0.3) is 0 Å². The summed E-state index contributed by atoms with van der Waals surface area (Å²) in [6.45, 7) is 6.18. The molecule has 2 unspecified atom stereocenters. The third-order valence-electron chi connectivity index (χ3n) is 3.86. The fourth-order valence-corrected chi connectivity index (χ4v) is 2.74. The van der Waals surface area contributed by atoms with Crippen molar-refractivity contribution in [2.45, 2.75) is 45.1 Å². The molecule has 1 heterocycles. The SMILES string of the molecule is CC(CC1CC1)NCC1CCCN(C)C1. The van der Waals surface area contributed by atoms with Crippen molar-refractivity contribution in [1.82, 2.24) is 10.2 Å². The molecule has 2 nitrogen and oxygen atoms in total. The highest BCUT2D eigenvalue weighted by Crippen LogP contribution is 2.33. The lowest BCUT2D eigenvalue weighted by molar-refractivity contribution is 0.202. The van der Waals surface area contributed by atoms with E-state index in [9.17, 15) is 0 Å². The van der Waals surface area contributed by atoms with Gasteiger partial charge in [0.15, 0.2) is 0 Å². The Balaban J connectivity index is 1.58. The number of nitrogens with one attached hydrogen (secondary N) is 1. The number of likely N-dealkylation sites (tertiary alicyclic amines) is 1. The molecule has 1 saturated carbocycles. The standard InChI is InChI=1S/C13H26N2/c1-11(8-12-5-6-12)14-9-13-4-3-7-15(2)10-13/h11-14H,3-10H2,1-2H3. The molecule has 1 aliphatic heterocycles. The van der Waals surface area contributed by atoms with E-state index in [1.807, 2.05) is 0 Å². The van der Waals surface area contributed by atoms with Gasteiger partial charge >= 0.3 is 0 Å². The second kappa shape index (κ2) is 5.31. The highest BCUT2D eigenvalue weighted by molar-refractivity contribution is 4.79. The second-order valence-electron chi connectivity index (χ2n) is 5.76. The first-order chi connectivity index (χ1) is 7.24. The smallest absolute Gasteiger partial charge is 0.00414 e. The Morgan fingerprint density at radius 1 is 1.27 bits per heavy atom. The average Bonchev–Trinajstić information content (AvgIpc) is 2.99. The van der Waals surface area contributed by atoms with Crippen LogP contribution in [0.2, 0.25) is 0 Å². The van der Waals surface area contributed by atoms with Crippen LogP contribution in [0.15, 0.2) is 0 Å². The van der Waals surface area contributed by atoms with Crippen LogP contribution in [0, 0.1) is 11.8 Å². The summed E-state index contributed by atoms with van der Waals surface area (Å²) in [4.78, 5) is 2.47. The Labute approximate surface area is 94.4 Å². The van der Waals surface area contributed by atoms with Gasteiger partial charge in [0.1, 0.15) is 0 Å². The summed E-state index contributed by atoms with van der Waals surface area (Å²) in [5.74, 6) is 1.95. The van der Waals surface area contributed by atoms with E-state index in [4.69, 9.17) is 0 Å². The Morgan fingerprint density at radius 3 is 2.73 bits per heavy atom. The summed E-state index contributed by atoms with van der Waals surface area (Å²) < 4.78 is 0. The molecule has 2 atom stereocenters. The van der Waals surface area contributed by atoms with Crippen molar-refractivity contribution < 1.29 is 0 Å². The molecule has 1 aliphatic carbocycles. The van der Waals surface area contributed by atoms with Crippen LogP contribution in [-0.4, -0.2) is 37.6 Å². The molecular weight excluding hydrogens is 184 g/mol. The zero-order valence-corrected chi connectivity index (χ0v) is 10.3. The normalized spacial score (nSPS) is 30.4. The fourth-order valence-electron chi connectivity index (χ4n) is 2.74. The Kier molecular flexibility index (Phi) is 4.04. The first-order valence-corrected chi connectivity index (χ1v) is 6.66. The fraction of sp³-hybridized carbons (Fsp3) is 1.00. The van der Waals surface area contributed by atoms with Gasteiger partial charge in [0, 0.05) is 12.6 Å². The molecule has 2 rings (SSSR count). The van der Waals surface area contributed by atoms with Gasteiger partial charge in [0.25, 0.3) is 0 Å². The van der Waals surface area contributed by atoms with E-state index >= 15 is 0 Å². The van der Waals surface area contributed by atoms with Crippen LogP contribution in [0.3, 0.4) is 0 Å². The Bertz CT molecular complexity index is 189. The van der Waals surface area contributed by atoms with Gasteiger partial charge in [-0.1, -0.05) is 12.8 Å². The lowest BCUT2D eigenvalue weighted by Gasteiger charge is -2.30. The molecule has 0 aromatic rings. The number of nitrogens with zero attached hydrogens (tertiary/aromatic N) is 1. The van der Waals surface area contributed by atoms with Gasteiger partial charge in [0.05, 0.1) is 0 Å². The van der Waals surface area contributed by atoms with Crippen LogP contribution < -0.4 is 5.32 Å². The largest absolute Gasteiger partial charge is 0.314 e. The highest BCUT2D eigenvalue weighted by atomic mass is 15.1. The molecule has 88 valence electrons. The van der Waals surface area contributed by atoms with Crippen molar-refractivity contribution in [3.05, 3.63) is 0 Å². The van der Waals surface area contributed by atoms with Gasteiger partial charge in [-0.05, 0) is 58.2 Å². The summed E-state index contributed by atoms with van der Waals surface area (Å²) in [5, 5.41) is 3.72. The summed E-state index contributed by atoms with van der Waals surface area (Å²) in [6.07, 6.45) is 7.19. The maximum absolute atomic E-state index is 3.72. The molecule has 2 fully saturated rings. The topological polar surface area (TPSA) is 15.3 Å². The van der Waals surface area contributed by atoms with Crippen LogP contribution >= 0.6 is 0 Å². The molecule has 0 bridgehead atoms. The summed E-state index contributed by atoms with van der Waals surface area (Å²) in [5.41, 5.74) is 0. The third kappa shape index (κ3) is 4.12. The Hall–Kier alpha value is -0.0800. The van der Waals surface area contributed by atoms with Crippen molar-refractivity contribution in [3.8, 4) is 0 Å². The highest BCUT2D eigenvalue weighted by Gasteiger charge is 2.24. The molecule has 0 aromatic carbocycles. The van der Waals surface area contributed by atoms with Crippen molar-refractivity contribution in [2.24, 2.45) is 11.8 Å². The quantitative estimate of drug-likeness (QED) is 0.747. The van der Waals surface area contributed by atoms with E-state index in [1.165, 1.54) is 51.7 Å². The first kappa shape index (κ1) is 11.4. The van der Waals surface area contributed by atoms with Crippen LogP contribution in [0.1, 0.15) is 39.0 Å². The van der Waals surface area contributed by atoms with E-state index in [-0.39, 0.29) is 0 Å². The molecular formula is C13H26N2. The molecule has 0 radical (unpaired) electrons. The van der Waals surface area contributed by atoms with E-state index in [0.29, 0.717) is 0 Å². The van der Waals surface area contributed by atoms with Crippen molar-refractivity contribution in [1.29, 1.82) is 0 Å². The van der Waals surface area contributed by atoms with Crippen molar-refractivity contribution in [3.63, 3.8) is 0 Å². The van der Waals surface area contributed by atoms with Crippen LogP contribution in [0.4, 0.5) is 0 Å². The lowest BCUT2D eigenvalue weighted by Crippen LogP contribution is -2.39. The zero-order valence-electron chi connectivity index (χ0n) is 10.3. The number of piperidine rings is 1. The monoisotopic (exact) mass is 210 g/mol. The van der Waals surface area contributed by atoms with Crippen molar-refractivity contribution in [2.75, 3.05) is 26.7 Å². The molecule has 15 heavy (non-hydrogen) atoms. The van der Waals surface area contributed by atoms with Gasteiger partial charge in [-0.25, -0.2) is 0 Å². The summed E-state index contributed by atoms with van der Waals surface area (Å²) in [7, 11) is 2.25. The minimum Gasteiger partial charge on any atom is -0.314 e. The molecule has 2 heteroatoms. The maximum atomic E-state index is 3.72. The maximum Gasteiger partial charge on any atom is 0.00414 e. The van der Waals surface area contributed by atoms with Gasteiger partial charge in [-0.3, -0.25) is 0 Å². The molecule has 2 aliphatic rings. The number of hydrogen-bond acceptors (Lipinski definition) is 2. The molecule has 0 amide bonds.